The van der Waals surface area contributed by atoms with E-state index >= 15 is 8.78 Å². The van der Waals surface area contributed by atoms with Crippen LogP contribution in [0.5, 0.6) is 5.88 Å². The molecular weight excluding hydrogens is 528 g/mol. The van der Waals surface area contributed by atoms with Gasteiger partial charge in [-0.15, -0.1) is 0 Å². The summed E-state index contributed by atoms with van der Waals surface area (Å²) >= 11 is 0. The number of imidazole rings is 1. The minimum Gasteiger partial charge on any atom is -0.478 e. The molecule has 208 valence electrons. The maximum absolute atomic E-state index is 15.4. The van der Waals surface area contributed by atoms with Crippen molar-refractivity contribution in [2.75, 3.05) is 6.61 Å². The Balaban J connectivity index is 1.27. The van der Waals surface area contributed by atoms with Crippen molar-refractivity contribution in [3.05, 3.63) is 113 Å². The normalized spacial score (nSPS) is 14.7. The van der Waals surface area contributed by atoms with Crippen LogP contribution >= 0.6 is 0 Å². The summed E-state index contributed by atoms with van der Waals surface area (Å²) in [4.78, 5) is 20.6. The number of halogens is 2. The molecule has 0 radical (unpaired) electrons. The summed E-state index contributed by atoms with van der Waals surface area (Å²) in [5.41, 5.74) is 3.83. The summed E-state index contributed by atoms with van der Waals surface area (Å²) in [5, 5.41) is 9.45. The van der Waals surface area contributed by atoms with Gasteiger partial charge in [0.1, 0.15) is 24.1 Å². The number of carboxylic acids is 1. The van der Waals surface area contributed by atoms with E-state index in [-0.39, 0.29) is 34.9 Å². The molecule has 0 aliphatic carbocycles. The van der Waals surface area contributed by atoms with Crippen LogP contribution < -0.4 is 4.74 Å². The molecular formula is C32H27F2N3O4. The number of ether oxygens (including phenoxy) is 2. The second-order valence-corrected chi connectivity index (χ2v) is 10.2. The van der Waals surface area contributed by atoms with Gasteiger partial charge < -0.3 is 19.1 Å². The lowest BCUT2D eigenvalue weighted by molar-refractivity contribution is -0.0589. The van der Waals surface area contributed by atoms with E-state index in [1.54, 1.807) is 30.3 Å². The zero-order valence-electron chi connectivity index (χ0n) is 22.3. The average molecular weight is 556 g/mol. The minimum atomic E-state index is -1.05. The van der Waals surface area contributed by atoms with Crippen molar-refractivity contribution in [2.45, 2.75) is 39.0 Å². The molecule has 0 saturated carbocycles. The molecule has 1 aliphatic rings. The molecule has 9 heteroatoms. The topological polar surface area (TPSA) is 86.5 Å². The predicted octanol–water partition coefficient (Wildman–Crippen LogP) is 6.34. The number of nitrogens with zero attached hydrogens (tertiary/aromatic N) is 3. The van der Waals surface area contributed by atoms with Crippen molar-refractivity contribution in [2.24, 2.45) is 0 Å². The number of pyridine rings is 1. The quantitative estimate of drug-likeness (QED) is 0.228. The van der Waals surface area contributed by atoms with E-state index in [9.17, 15) is 9.90 Å². The number of aromatic carboxylic acids is 1. The maximum atomic E-state index is 15.4. The number of aromatic nitrogens is 3. The predicted molar refractivity (Wildman–Crippen MR) is 149 cm³/mol. The van der Waals surface area contributed by atoms with Crippen molar-refractivity contribution < 1.29 is 28.2 Å². The van der Waals surface area contributed by atoms with E-state index in [0.717, 1.165) is 23.6 Å². The summed E-state index contributed by atoms with van der Waals surface area (Å²) < 4.78 is 44.1. The number of carboxylic acid groups (broad SMARTS) is 1. The minimum absolute atomic E-state index is 0.0139. The molecule has 1 fully saturated rings. The van der Waals surface area contributed by atoms with E-state index < -0.39 is 17.6 Å². The largest absolute Gasteiger partial charge is 0.478 e. The smallest absolute Gasteiger partial charge is 0.335 e. The molecule has 1 saturated heterocycles. The van der Waals surface area contributed by atoms with Gasteiger partial charge in [0.15, 0.2) is 0 Å². The molecule has 1 aliphatic heterocycles. The first-order valence-corrected chi connectivity index (χ1v) is 13.3. The number of carbonyl (C=O) groups is 1. The summed E-state index contributed by atoms with van der Waals surface area (Å²) in [6.07, 6.45) is 0.825. The lowest BCUT2D eigenvalue weighted by atomic mass is 10.0. The Bertz CT molecular complexity index is 1750. The van der Waals surface area contributed by atoms with Crippen molar-refractivity contribution in [1.82, 2.24) is 14.5 Å². The third-order valence-electron chi connectivity index (χ3n) is 7.25. The van der Waals surface area contributed by atoms with Crippen LogP contribution in [-0.2, 0) is 24.3 Å². The maximum Gasteiger partial charge on any atom is 0.335 e. The van der Waals surface area contributed by atoms with Gasteiger partial charge in [-0.1, -0.05) is 35.9 Å². The first-order chi connectivity index (χ1) is 19.8. The molecule has 7 nitrogen and oxygen atoms in total. The number of hydrogen-bond acceptors (Lipinski definition) is 5. The number of fused-ring (bicyclic) bond motifs is 1. The van der Waals surface area contributed by atoms with Crippen LogP contribution in [0.2, 0.25) is 0 Å². The van der Waals surface area contributed by atoms with Gasteiger partial charge in [-0.2, -0.15) is 0 Å². The van der Waals surface area contributed by atoms with Crippen LogP contribution in [0.1, 0.15) is 39.3 Å². The molecule has 2 aromatic heterocycles. The number of aryl methyl sites for hydroxylation is 1. The third kappa shape index (κ3) is 5.67. The lowest BCUT2D eigenvalue weighted by Gasteiger charge is -2.27. The zero-order valence-corrected chi connectivity index (χ0v) is 22.3. The van der Waals surface area contributed by atoms with Gasteiger partial charge in [0.05, 0.1) is 34.9 Å². The number of rotatable bonds is 9. The monoisotopic (exact) mass is 555 g/mol. The van der Waals surface area contributed by atoms with Gasteiger partial charge in [-0.05, 0) is 60.9 Å². The highest BCUT2D eigenvalue weighted by Gasteiger charge is 2.23. The van der Waals surface area contributed by atoms with Gasteiger partial charge in [-0.25, -0.2) is 23.5 Å². The molecule has 0 spiro atoms. The fraction of sp³-hybridized carbons (Fsp3) is 0.219. The van der Waals surface area contributed by atoms with E-state index in [0.29, 0.717) is 42.5 Å². The van der Waals surface area contributed by atoms with Crippen molar-refractivity contribution in [3.8, 4) is 17.1 Å². The molecule has 1 unspecified atom stereocenters. The SMILES string of the molecule is Cc1ccc(COc2cccc(-c3cc(F)c(Cc4nc5ccc(C(=O)O)cc5n4CC4CCO4)cc3F)n2)cc1. The molecule has 6 rings (SSSR count). The van der Waals surface area contributed by atoms with Crippen LogP contribution in [0.3, 0.4) is 0 Å². The molecule has 1 N–H and O–H groups in total. The van der Waals surface area contributed by atoms with E-state index in [1.165, 1.54) is 12.1 Å². The van der Waals surface area contributed by atoms with E-state index in [2.05, 4.69) is 9.97 Å². The number of benzene rings is 3. The van der Waals surface area contributed by atoms with Gasteiger partial charge >= 0.3 is 5.97 Å². The Labute approximate surface area is 235 Å². The van der Waals surface area contributed by atoms with Crippen molar-refractivity contribution in [1.29, 1.82) is 0 Å². The Morgan fingerprint density at radius 3 is 2.59 bits per heavy atom. The molecule has 0 bridgehead atoms. The summed E-state index contributed by atoms with van der Waals surface area (Å²) in [5.74, 6) is -1.47. The van der Waals surface area contributed by atoms with E-state index in [4.69, 9.17) is 9.47 Å². The second kappa shape index (κ2) is 11.1. The first kappa shape index (κ1) is 26.6. The Hall–Kier alpha value is -4.63. The second-order valence-electron chi connectivity index (χ2n) is 10.2. The molecule has 1 atom stereocenters. The summed E-state index contributed by atoms with van der Waals surface area (Å²) in [6, 6.07) is 19.8. The first-order valence-electron chi connectivity index (χ1n) is 13.3. The fourth-order valence-electron chi connectivity index (χ4n) is 4.85. The van der Waals surface area contributed by atoms with Crippen molar-refractivity contribution >= 4 is 17.0 Å². The van der Waals surface area contributed by atoms with Crippen LogP contribution in [0.25, 0.3) is 22.3 Å². The lowest BCUT2D eigenvalue weighted by Crippen LogP contribution is -2.31. The third-order valence-corrected chi connectivity index (χ3v) is 7.25. The zero-order chi connectivity index (χ0) is 28.5. The van der Waals surface area contributed by atoms with Crippen molar-refractivity contribution in [3.63, 3.8) is 0 Å². The molecule has 5 aromatic rings. The summed E-state index contributed by atoms with van der Waals surface area (Å²) in [7, 11) is 0. The van der Waals surface area contributed by atoms with Gasteiger partial charge in [-0.3, -0.25) is 0 Å². The Morgan fingerprint density at radius 2 is 1.85 bits per heavy atom. The summed E-state index contributed by atoms with van der Waals surface area (Å²) in [6.45, 7) is 3.40. The molecule has 3 heterocycles. The Morgan fingerprint density at radius 1 is 1.05 bits per heavy atom. The fourth-order valence-corrected chi connectivity index (χ4v) is 4.85. The van der Waals surface area contributed by atoms with Crippen LogP contribution in [0, 0.1) is 18.6 Å². The van der Waals surface area contributed by atoms with Crippen LogP contribution in [-0.4, -0.2) is 38.3 Å². The highest BCUT2D eigenvalue weighted by molar-refractivity contribution is 5.92. The van der Waals surface area contributed by atoms with Gasteiger partial charge in [0.25, 0.3) is 0 Å². The molecule has 41 heavy (non-hydrogen) atoms. The molecule has 3 aromatic carbocycles. The Kier molecular flexibility index (Phi) is 7.19. The highest BCUT2D eigenvalue weighted by Crippen LogP contribution is 2.29. The van der Waals surface area contributed by atoms with Crippen LogP contribution in [0.15, 0.2) is 72.8 Å². The standard InChI is InChI=1S/C32H27F2N3O4/c1-19-5-7-20(8-6-19)18-41-31-4-2-3-27(36-31)24-16-25(33)22(13-26(24)34)15-30-35-28-10-9-21(32(38)39)14-29(28)37(30)17-23-11-12-40-23/h2-10,13-14,16,23H,11-12,15,17-18H2,1H3,(H,38,39). The average Bonchev–Trinajstić information content (AvgIpc) is 3.28. The van der Waals surface area contributed by atoms with Crippen LogP contribution in [0.4, 0.5) is 8.78 Å². The van der Waals surface area contributed by atoms with Gasteiger partial charge in [0.2, 0.25) is 5.88 Å². The molecule has 0 amide bonds. The van der Waals surface area contributed by atoms with E-state index in [1.807, 2.05) is 35.8 Å². The van der Waals surface area contributed by atoms with Gasteiger partial charge in [0, 0.05) is 24.7 Å². The number of hydrogen-bond donors (Lipinski definition) is 1. The highest BCUT2D eigenvalue weighted by atomic mass is 19.1.